The summed E-state index contributed by atoms with van der Waals surface area (Å²) >= 11 is 0. The van der Waals surface area contributed by atoms with Gasteiger partial charge in [-0.3, -0.25) is 9.59 Å². The van der Waals surface area contributed by atoms with E-state index in [4.69, 9.17) is 0 Å². The first kappa shape index (κ1) is 15.3. The fourth-order valence-electron chi connectivity index (χ4n) is 2.06. The van der Waals surface area contributed by atoms with E-state index in [0.717, 1.165) is 0 Å². The van der Waals surface area contributed by atoms with Gasteiger partial charge in [0.05, 0.1) is 0 Å². The molecule has 0 rings (SSSR count). The number of rotatable bonds is 5. The van der Waals surface area contributed by atoms with Crippen LogP contribution in [0.2, 0.25) is 0 Å². The maximum absolute atomic E-state index is 12.2. The topological polar surface area (TPSA) is 34.1 Å². The van der Waals surface area contributed by atoms with E-state index in [1.54, 1.807) is 0 Å². The second kappa shape index (κ2) is 4.68. The van der Waals surface area contributed by atoms with Crippen LogP contribution in [0.1, 0.15) is 55.4 Å². The van der Waals surface area contributed by atoms with Crippen molar-refractivity contribution in [2.45, 2.75) is 55.4 Å². The van der Waals surface area contributed by atoms with Crippen LogP contribution in [-0.4, -0.2) is 11.6 Å². The molecule has 0 aromatic carbocycles. The van der Waals surface area contributed by atoms with Crippen LogP contribution in [0.25, 0.3) is 0 Å². The Hall–Kier alpha value is -0.660. The third-order valence-electron chi connectivity index (χ3n) is 3.84. The Kier molecular flexibility index (Phi) is 4.49. The molecule has 0 aromatic heterocycles. The van der Waals surface area contributed by atoms with E-state index in [0.29, 0.717) is 0 Å². The van der Waals surface area contributed by atoms with Crippen LogP contribution in [0, 0.1) is 22.7 Å². The summed E-state index contributed by atoms with van der Waals surface area (Å²) in [5, 5.41) is 0. The molecule has 16 heavy (non-hydrogen) atoms. The van der Waals surface area contributed by atoms with Crippen LogP contribution in [-0.2, 0) is 9.59 Å². The zero-order valence-corrected chi connectivity index (χ0v) is 12.0. The molecule has 0 spiro atoms. The van der Waals surface area contributed by atoms with E-state index < -0.39 is 10.8 Å². The second-order valence-electron chi connectivity index (χ2n) is 6.29. The van der Waals surface area contributed by atoms with Gasteiger partial charge >= 0.3 is 0 Å². The fourth-order valence-corrected chi connectivity index (χ4v) is 2.06. The highest BCUT2D eigenvalue weighted by molar-refractivity contribution is 5.95. The van der Waals surface area contributed by atoms with Gasteiger partial charge in [0.15, 0.2) is 0 Å². The van der Waals surface area contributed by atoms with Crippen LogP contribution in [0.15, 0.2) is 0 Å². The quantitative estimate of drug-likeness (QED) is 0.719. The van der Waals surface area contributed by atoms with Gasteiger partial charge in [0, 0.05) is 22.7 Å². The van der Waals surface area contributed by atoms with Gasteiger partial charge in [-0.2, -0.15) is 0 Å². The Bertz CT molecular complexity index is 253. The van der Waals surface area contributed by atoms with E-state index >= 15 is 0 Å². The molecule has 0 unspecified atom stereocenters. The maximum Gasteiger partial charge on any atom is 0.141 e. The summed E-state index contributed by atoms with van der Waals surface area (Å²) in [4.78, 5) is 24.4. The standard InChI is InChI=1S/C14H26O2/c1-9(2)11(15)13(5,6)14(7,8)12(16)10(3)4/h9-10H,1-8H3. The molecule has 0 aliphatic heterocycles. The predicted octanol–water partition coefficient (Wildman–Crippen LogP) is 3.49. The summed E-state index contributed by atoms with van der Waals surface area (Å²) in [6, 6.07) is 0. The molecule has 0 atom stereocenters. The van der Waals surface area contributed by atoms with Crippen molar-refractivity contribution in [1.82, 2.24) is 0 Å². The molecule has 2 heteroatoms. The average Bonchev–Trinajstić information content (AvgIpc) is 2.14. The zero-order chi connectivity index (χ0) is 13.3. The van der Waals surface area contributed by atoms with Crippen molar-refractivity contribution in [3.63, 3.8) is 0 Å². The van der Waals surface area contributed by atoms with Gasteiger partial charge < -0.3 is 0 Å². The van der Waals surface area contributed by atoms with Gasteiger partial charge in [0.1, 0.15) is 11.6 Å². The lowest BCUT2D eigenvalue weighted by atomic mass is 9.60. The minimum atomic E-state index is -0.609. The first-order valence-corrected chi connectivity index (χ1v) is 6.04. The van der Waals surface area contributed by atoms with Crippen molar-refractivity contribution in [2.24, 2.45) is 22.7 Å². The van der Waals surface area contributed by atoms with Gasteiger partial charge in [-0.25, -0.2) is 0 Å². The van der Waals surface area contributed by atoms with Gasteiger partial charge in [-0.15, -0.1) is 0 Å². The lowest BCUT2D eigenvalue weighted by Gasteiger charge is -2.41. The van der Waals surface area contributed by atoms with E-state index in [2.05, 4.69) is 0 Å². The Morgan fingerprint density at radius 3 is 1.00 bits per heavy atom. The van der Waals surface area contributed by atoms with Gasteiger partial charge in [0.25, 0.3) is 0 Å². The smallest absolute Gasteiger partial charge is 0.141 e. The second-order valence-corrected chi connectivity index (χ2v) is 6.29. The largest absolute Gasteiger partial charge is 0.299 e. The normalized spacial score (nSPS) is 13.4. The fraction of sp³-hybridized carbons (Fsp3) is 0.857. The van der Waals surface area contributed by atoms with Crippen molar-refractivity contribution in [3.05, 3.63) is 0 Å². The molecule has 0 N–H and O–H groups in total. The molecule has 0 saturated carbocycles. The summed E-state index contributed by atoms with van der Waals surface area (Å²) < 4.78 is 0. The highest BCUT2D eigenvalue weighted by Crippen LogP contribution is 2.43. The molecule has 0 aromatic rings. The van der Waals surface area contributed by atoms with Crippen LogP contribution in [0.4, 0.5) is 0 Å². The molecule has 0 fully saturated rings. The molecule has 0 radical (unpaired) electrons. The molecule has 2 nitrogen and oxygen atoms in total. The summed E-state index contributed by atoms with van der Waals surface area (Å²) in [7, 11) is 0. The molecule has 94 valence electrons. The monoisotopic (exact) mass is 226 g/mol. The summed E-state index contributed by atoms with van der Waals surface area (Å²) in [5.41, 5.74) is -1.22. The van der Waals surface area contributed by atoms with E-state index in [9.17, 15) is 9.59 Å². The van der Waals surface area contributed by atoms with Crippen molar-refractivity contribution in [2.75, 3.05) is 0 Å². The minimum Gasteiger partial charge on any atom is -0.299 e. The third kappa shape index (κ3) is 2.53. The van der Waals surface area contributed by atoms with E-state index in [-0.39, 0.29) is 23.4 Å². The number of hydrogen-bond acceptors (Lipinski definition) is 2. The predicted molar refractivity (Wildman–Crippen MR) is 67.3 cm³/mol. The zero-order valence-electron chi connectivity index (χ0n) is 12.0. The molecule has 0 heterocycles. The van der Waals surface area contributed by atoms with E-state index in [1.807, 2.05) is 55.4 Å². The van der Waals surface area contributed by atoms with Crippen LogP contribution >= 0.6 is 0 Å². The lowest BCUT2D eigenvalue weighted by molar-refractivity contribution is -0.148. The number of carbonyl (C=O) groups excluding carboxylic acids is 2. The van der Waals surface area contributed by atoms with Gasteiger partial charge in [-0.05, 0) is 0 Å². The highest BCUT2D eigenvalue weighted by atomic mass is 16.1. The number of hydrogen-bond donors (Lipinski definition) is 0. The molecule has 0 amide bonds. The number of Topliss-reactive ketones (excluding diaryl/α,β-unsaturated/α-hetero) is 2. The van der Waals surface area contributed by atoms with Crippen molar-refractivity contribution < 1.29 is 9.59 Å². The highest BCUT2D eigenvalue weighted by Gasteiger charge is 2.48. The summed E-state index contributed by atoms with van der Waals surface area (Å²) in [6.45, 7) is 15.1. The SMILES string of the molecule is CC(C)C(=O)C(C)(C)C(C)(C)C(=O)C(C)C. The molecule has 0 bridgehead atoms. The van der Waals surface area contributed by atoms with E-state index in [1.165, 1.54) is 0 Å². The summed E-state index contributed by atoms with van der Waals surface area (Å²) in [6.07, 6.45) is 0. The maximum atomic E-state index is 12.2. The first-order chi connectivity index (χ1) is 6.96. The van der Waals surface area contributed by atoms with Crippen LogP contribution < -0.4 is 0 Å². The molecular formula is C14H26O2. The molecular weight excluding hydrogens is 200 g/mol. The lowest BCUT2D eigenvalue weighted by Crippen LogP contribution is -2.48. The number of ketones is 2. The summed E-state index contributed by atoms with van der Waals surface area (Å²) in [5.74, 6) is 0.251. The van der Waals surface area contributed by atoms with Crippen molar-refractivity contribution >= 4 is 11.6 Å². The average molecular weight is 226 g/mol. The van der Waals surface area contributed by atoms with Gasteiger partial charge in [-0.1, -0.05) is 55.4 Å². The Morgan fingerprint density at radius 2 is 0.875 bits per heavy atom. The Balaban J connectivity index is 5.29. The number of carbonyl (C=O) groups is 2. The first-order valence-electron chi connectivity index (χ1n) is 6.04. The Labute approximate surface area is 99.8 Å². The molecule has 0 saturated heterocycles. The molecule has 0 aliphatic carbocycles. The Morgan fingerprint density at radius 1 is 0.688 bits per heavy atom. The van der Waals surface area contributed by atoms with Crippen molar-refractivity contribution in [3.8, 4) is 0 Å². The van der Waals surface area contributed by atoms with Crippen molar-refractivity contribution in [1.29, 1.82) is 0 Å². The van der Waals surface area contributed by atoms with Crippen LogP contribution in [0.3, 0.4) is 0 Å². The molecule has 0 aliphatic rings. The minimum absolute atomic E-state index is 0.0331. The van der Waals surface area contributed by atoms with Gasteiger partial charge in [0.2, 0.25) is 0 Å². The third-order valence-corrected chi connectivity index (χ3v) is 3.84. The van der Waals surface area contributed by atoms with Crippen LogP contribution in [0.5, 0.6) is 0 Å².